The van der Waals surface area contributed by atoms with Crippen molar-refractivity contribution in [1.82, 2.24) is 10.7 Å². The molecule has 2 aromatic carbocycles. The van der Waals surface area contributed by atoms with Gasteiger partial charge in [0, 0.05) is 24.1 Å². The first-order chi connectivity index (χ1) is 17.4. The molecule has 1 heterocycles. The van der Waals surface area contributed by atoms with Crippen molar-refractivity contribution in [3.8, 4) is 11.5 Å². The van der Waals surface area contributed by atoms with Crippen LogP contribution < -0.4 is 20.2 Å². The fraction of sp³-hybridized carbons (Fsp3) is 0.296. The van der Waals surface area contributed by atoms with Gasteiger partial charge in [-0.25, -0.2) is 9.82 Å². The molecular formula is C27H28FN3O5. The molecule has 9 heteroatoms. The number of hydrogen-bond donors (Lipinski definition) is 2. The van der Waals surface area contributed by atoms with Gasteiger partial charge < -0.3 is 19.2 Å². The molecule has 0 bridgehead atoms. The number of rotatable bonds is 8. The Kier molecular flexibility index (Phi) is 7.68. The number of halogens is 1. The molecule has 36 heavy (non-hydrogen) atoms. The van der Waals surface area contributed by atoms with Gasteiger partial charge >= 0.3 is 0 Å². The van der Waals surface area contributed by atoms with Crippen molar-refractivity contribution in [1.29, 1.82) is 0 Å². The fourth-order valence-electron chi connectivity index (χ4n) is 4.26. The van der Waals surface area contributed by atoms with E-state index in [1.165, 1.54) is 18.2 Å². The molecule has 1 aliphatic rings. The van der Waals surface area contributed by atoms with Gasteiger partial charge in [-0.3, -0.25) is 9.59 Å². The number of ether oxygens (including phenoxy) is 2. The highest BCUT2D eigenvalue weighted by Gasteiger charge is 2.28. The van der Waals surface area contributed by atoms with Crippen LogP contribution in [0.15, 0.2) is 52.0 Å². The first-order valence-electron chi connectivity index (χ1n) is 11.7. The Morgan fingerprint density at radius 1 is 1.06 bits per heavy atom. The summed E-state index contributed by atoms with van der Waals surface area (Å²) >= 11 is 0. The van der Waals surface area contributed by atoms with E-state index in [9.17, 15) is 14.0 Å². The minimum Gasteiger partial charge on any atom is -0.493 e. The summed E-state index contributed by atoms with van der Waals surface area (Å²) in [5, 5.41) is 7.14. The summed E-state index contributed by atoms with van der Waals surface area (Å²) < 4.78 is 30.4. The van der Waals surface area contributed by atoms with Crippen molar-refractivity contribution >= 4 is 17.5 Å². The van der Waals surface area contributed by atoms with Gasteiger partial charge in [0.1, 0.15) is 11.6 Å². The van der Waals surface area contributed by atoms with Crippen LogP contribution in [0.25, 0.3) is 0 Å². The lowest BCUT2D eigenvalue weighted by molar-refractivity contribution is 0.0921. The summed E-state index contributed by atoms with van der Waals surface area (Å²) in [5.41, 5.74) is 5.32. The standard InChI is InChI=1S/C27H28FN3O5/c1-16-24-20(30-31-26(32)18-7-4-5-8-19(18)28)9-6-10-22(24)36-25(16)27(33)29-14-13-17-11-12-21(34-2)23(15-17)35-3/h4-5,7-8,11-12,15H,6,9-10,13-14H2,1-3H3,(H,29,33)(H,31,32)/b30-20+. The van der Waals surface area contributed by atoms with Crippen molar-refractivity contribution in [2.75, 3.05) is 20.8 Å². The molecule has 0 spiro atoms. The van der Waals surface area contributed by atoms with E-state index in [2.05, 4.69) is 15.8 Å². The molecule has 1 aromatic heterocycles. The van der Waals surface area contributed by atoms with E-state index in [1.807, 2.05) is 18.2 Å². The van der Waals surface area contributed by atoms with Crippen LogP contribution in [0, 0.1) is 12.7 Å². The van der Waals surface area contributed by atoms with E-state index in [0.717, 1.165) is 17.5 Å². The van der Waals surface area contributed by atoms with Crippen LogP contribution in [-0.2, 0) is 12.8 Å². The van der Waals surface area contributed by atoms with E-state index < -0.39 is 11.7 Å². The third-order valence-corrected chi connectivity index (χ3v) is 6.09. The monoisotopic (exact) mass is 493 g/mol. The highest BCUT2D eigenvalue weighted by Crippen LogP contribution is 2.30. The Morgan fingerprint density at radius 3 is 2.58 bits per heavy atom. The van der Waals surface area contributed by atoms with Crippen LogP contribution in [0.3, 0.4) is 0 Å². The van der Waals surface area contributed by atoms with E-state index in [-0.39, 0.29) is 17.2 Å². The van der Waals surface area contributed by atoms with Crippen molar-refractivity contribution in [2.45, 2.75) is 32.6 Å². The third-order valence-electron chi connectivity index (χ3n) is 6.09. The Morgan fingerprint density at radius 2 is 1.83 bits per heavy atom. The van der Waals surface area contributed by atoms with Crippen molar-refractivity contribution in [3.63, 3.8) is 0 Å². The number of methoxy groups -OCH3 is 2. The lowest BCUT2D eigenvalue weighted by Gasteiger charge is -2.13. The summed E-state index contributed by atoms with van der Waals surface area (Å²) in [6.07, 6.45) is 2.62. The lowest BCUT2D eigenvalue weighted by Crippen LogP contribution is -2.26. The first kappa shape index (κ1) is 25.0. The first-order valence-corrected chi connectivity index (χ1v) is 11.7. The fourth-order valence-corrected chi connectivity index (χ4v) is 4.26. The van der Waals surface area contributed by atoms with Crippen molar-refractivity contribution in [3.05, 3.63) is 82.1 Å². The molecule has 4 rings (SSSR count). The number of furan rings is 1. The van der Waals surface area contributed by atoms with E-state index >= 15 is 0 Å². The van der Waals surface area contributed by atoms with Crippen LogP contribution in [0.5, 0.6) is 11.5 Å². The molecule has 0 radical (unpaired) electrons. The van der Waals surface area contributed by atoms with Gasteiger partial charge in [0.25, 0.3) is 11.8 Å². The highest BCUT2D eigenvalue weighted by atomic mass is 19.1. The van der Waals surface area contributed by atoms with Gasteiger partial charge in [0.15, 0.2) is 17.3 Å². The molecule has 0 fully saturated rings. The summed E-state index contributed by atoms with van der Waals surface area (Å²) in [5.74, 6) is 0.574. The van der Waals surface area contributed by atoms with Crippen LogP contribution >= 0.6 is 0 Å². The molecule has 188 valence electrons. The Hall–Kier alpha value is -4.14. The summed E-state index contributed by atoms with van der Waals surface area (Å²) in [6.45, 7) is 2.20. The third kappa shape index (κ3) is 5.25. The second kappa shape index (κ2) is 11.1. The summed E-state index contributed by atoms with van der Waals surface area (Å²) in [4.78, 5) is 25.3. The molecule has 3 aromatic rings. The number of nitrogens with one attached hydrogen (secondary N) is 2. The van der Waals surface area contributed by atoms with Crippen molar-refractivity contribution in [2.24, 2.45) is 5.10 Å². The van der Waals surface area contributed by atoms with Crippen LogP contribution in [0.1, 0.15) is 56.2 Å². The van der Waals surface area contributed by atoms with E-state index in [4.69, 9.17) is 13.9 Å². The molecule has 2 amide bonds. The molecule has 0 saturated carbocycles. The molecule has 0 unspecified atom stereocenters. The van der Waals surface area contributed by atoms with Crippen LogP contribution in [0.2, 0.25) is 0 Å². The maximum atomic E-state index is 13.9. The number of fused-ring (bicyclic) bond motifs is 1. The second-order valence-corrected chi connectivity index (χ2v) is 8.38. The zero-order chi connectivity index (χ0) is 25.7. The molecule has 8 nitrogen and oxygen atoms in total. The summed E-state index contributed by atoms with van der Waals surface area (Å²) in [6, 6.07) is 11.3. The molecule has 0 atom stereocenters. The minimum atomic E-state index is -0.637. The lowest BCUT2D eigenvalue weighted by atomic mass is 9.93. The molecule has 2 N–H and O–H groups in total. The quantitative estimate of drug-likeness (QED) is 0.458. The maximum Gasteiger partial charge on any atom is 0.287 e. The van der Waals surface area contributed by atoms with Crippen LogP contribution in [-0.4, -0.2) is 38.3 Å². The average molecular weight is 494 g/mol. The minimum absolute atomic E-state index is 0.0867. The number of aryl methyl sites for hydroxylation is 1. The van der Waals surface area contributed by atoms with Gasteiger partial charge in [-0.1, -0.05) is 18.2 Å². The van der Waals surface area contributed by atoms with E-state index in [1.54, 1.807) is 27.2 Å². The normalized spacial score (nSPS) is 13.7. The van der Waals surface area contributed by atoms with E-state index in [0.29, 0.717) is 54.3 Å². The van der Waals surface area contributed by atoms with Gasteiger partial charge in [0.05, 0.1) is 25.5 Å². The topological polar surface area (TPSA) is 102 Å². The number of carbonyl (C=O) groups is 2. The Balaban J connectivity index is 1.44. The van der Waals surface area contributed by atoms with Gasteiger partial charge in [-0.2, -0.15) is 5.10 Å². The number of nitrogens with zero attached hydrogens (tertiary/aromatic N) is 1. The Labute approximate surface area is 208 Å². The highest BCUT2D eigenvalue weighted by molar-refractivity contribution is 6.07. The molecular weight excluding hydrogens is 465 g/mol. The van der Waals surface area contributed by atoms with Gasteiger partial charge in [-0.05, 0) is 56.0 Å². The van der Waals surface area contributed by atoms with Gasteiger partial charge in [0.2, 0.25) is 0 Å². The largest absolute Gasteiger partial charge is 0.493 e. The smallest absolute Gasteiger partial charge is 0.287 e. The second-order valence-electron chi connectivity index (χ2n) is 8.38. The summed E-state index contributed by atoms with van der Waals surface area (Å²) in [7, 11) is 3.16. The number of hydrazone groups is 1. The van der Waals surface area contributed by atoms with Crippen LogP contribution in [0.4, 0.5) is 4.39 Å². The number of hydrogen-bond acceptors (Lipinski definition) is 6. The average Bonchev–Trinajstić information content (AvgIpc) is 3.24. The maximum absolute atomic E-state index is 13.9. The molecule has 0 aliphatic heterocycles. The number of benzene rings is 2. The molecule has 1 aliphatic carbocycles. The molecule has 0 saturated heterocycles. The zero-order valence-electron chi connectivity index (χ0n) is 20.4. The number of carbonyl (C=O) groups excluding carboxylic acids is 2. The predicted molar refractivity (Wildman–Crippen MR) is 132 cm³/mol. The number of amides is 2. The van der Waals surface area contributed by atoms with Gasteiger partial charge in [-0.15, -0.1) is 0 Å². The Bertz CT molecular complexity index is 1310. The van der Waals surface area contributed by atoms with Crippen molar-refractivity contribution < 1.29 is 27.9 Å². The SMILES string of the molecule is COc1ccc(CCNC(=O)c2oc3c(c2C)/C(=N/NC(=O)c2ccccc2F)CCC3)cc1OC. The zero-order valence-corrected chi connectivity index (χ0v) is 20.4. The predicted octanol–water partition coefficient (Wildman–Crippen LogP) is 4.19.